The highest BCUT2D eigenvalue weighted by atomic mass is 79.9. The SMILES string of the molecule is CCN(CC(F)(F)F)S(=O)(=O)c1ccc(C)cc1Br. The van der Waals surface area contributed by atoms with Gasteiger partial charge >= 0.3 is 6.18 Å². The van der Waals surface area contributed by atoms with E-state index in [2.05, 4.69) is 15.9 Å². The van der Waals surface area contributed by atoms with E-state index in [4.69, 9.17) is 0 Å². The maximum atomic E-state index is 12.4. The van der Waals surface area contributed by atoms with Crippen molar-refractivity contribution in [3.63, 3.8) is 0 Å². The van der Waals surface area contributed by atoms with Crippen LogP contribution in [0.1, 0.15) is 12.5 Å². The lowest BCUT2D eigenvalue weighted by atomic mass is 10.2. The number of rotatable bonds is 4. The Balaban J connectivity index is 3.21. The third-order valence-corrected chi connectivity index (χ3v) is 5.31. The van der Waals surface area contributed by atoms with Gasteiger partial charge in [0.05, 0.1) is 4.90 Å². The third kappa shape index (κ3) is 4.19. The molecule has 0 atom stereocenters. The van der Waals surface area contributed by atoms with Gasteiger partial charge in [-0.15, -0.1) is 0 Å². The monoisotopic (exact) mass is 359 g/mol. The molecule has 0 aliphatic carbocycles. The standard InChI is InChI=1S/C11H13BrF3NO2S/c1-3-16(7-11(13,14)15)19(17,18)10-5-4-8(2)6-9(10)12/h4-6H,3,7H2,1-2H3. The van der Waals surface area contributed by atoms with Crippen molar-refractivity contribution in [2.24, 2.45) is 0 Å². The van der Waals surface area contributed by atoms with E-state index < -0.39 is 22.7 Å². The highest BCUT2D eigenvalue weighted by Crippen LogP contribution is 2.28. The van der Waals surface area contributed by atoms with Gasteiger partial charge in [-0.2, -0.15) is 17.5 Å². The molecule has 1 aromatic rings. The van der Waals surface area contributed by atoms with Crippen LogP contribution in [0.2, 0.25) is 0 Å². The van der Waals surface area contributed by atoms with Gasteiger partial charge in [-0.25, -0.2) is 8.42 Å². The first-order valence-electron chi connectivity index (χ1n) is 5.41. The van der Waals surface area contributed by atoms with Crippen LogP contribution in [0.25, 0.3) is 0 Å². The molecule has 0 amide bonds. The molecule has 0 aliphatic rings. The molecule has 3 nitrogen and oxygen atoms in total. The smallest absolute Gasteiger partial charge is 0.207 e. The minimum Gasteiger partial charge on any atom is -0.207 e. The Morgan fingerprint density at radius 2 is 1.89 bits per heavy atom. The predicted octanol–water partition coefficient (Wildman–Crippen LogP) is 3.33. The van der Waals surface area contributed by atoms with E-state index in [-0.39, 0.29) is 15.9 Å². The molecule has 108 valence electrons. The fourth-order valence-corrected chi connectivity index (χ4v) is 4.11. The van der Waals surface area contributed by atoms with Crippen LogP contribution in [0.4, 0.5) is 13.2 Å². The van der Waals surface area contributed by atoms with Gasteiger partial charge in [0.2, 0.25) is 10.0 Å². The molecule has 0 aromatic heterocycles. The van der Waals surface area contributed by atoms with E-state index in [1.807, 2.05) is 0 Å². The number of benzene rings is 1. The molecule has 1 rings (SSSR count). The molecule has 19 heavy (non-hydrogen) atoms. The molecule has 0 unspecified atom stereocenters. The molecule has 0 aliphatic heterocycles. The Kier molecular flexibility index (Phi) is 5.02. The molecule has 0 radical (unpaired) electrons. The van der Waals surface area contributed by atoms with E-state index in [0.29, 0.717) is 4.31 Å². The van der Waals surface area contributed by atoms with Gasteiger partial charge in [-0.05, 0) is 40.5 Å². The summed E-state index contributed by atoms with van der Waals surface area (Å²) >= 11 is 3.07. The molecule has 0 bridgehead atoms. The highest BCUT2D eigenvalue weighted by molar-refractivity contribution is 9.10. The van der Waals surface area contributed by atoms with Crippen LogP contribution >= 0.6 is 15.9 Å². The zero-order chi connectivity index (χ0) is 14.8. The van der Waals surface area contributed by atoms with Crippen LogP contribution in [0.3, 0.4) is 0 Å². The maximum absolute atomic E-state index is 12.4. The summed E-state index contributed by atoms with van der Waals surface area (Å²) in [5.74, 6) is 0. The summed E-state index contributed by atoms with van der Waals surface area (Å²) in [4.78, 5) is -0.163. The van der Waals surface area contributed by atoms with Gasteiger partial charge in [0, 0.05) is 11.0 Å². The number of halogens is 4. The Hall–Kier alpha value is -0.600. The second-order valence-electron chi connectivity index (χ2n) is 3.98. The summed E-state index contributed by atoms with van der Waals surface area (Å²) < 4.78 is 62.2. The van der Waals surface area contributed by atoms with Crippen LogP contribution in [-0.4, -0.2) is 32.0 Å². The summed E-state index contributed by atoms with van der Waals surface area (Å²) in [6.45, 7) is 1.38. The number of nitrogens with zero attached hydrogens (tertiary/aromatic N) is 1. The van der Waals surface area contributed by atoms with Crippen LogP contribution < -0.4 is 0 Å². The van der Waals surface area contributed by atoms with Crippen molar-refractivity contribution < 1.29 is 21.6 Å². The number of hydrogen-bond acceptors (Lipinski definition) is 2. The van der Waals surface area contributed by atoms with Crippen molar-refractivity contribution in [1.29, 1.82) is 0 Å². The second-order valence-corrected chi connectivity index (χ2v) is 6.74. The Morgan fingerprint density at radius 3 is 2.32 bits per heavy atom. The zero-order valence-corrected chi connectivity index (χ0v) is 12.7. The van der Waals surface area contributed by atoms with Crippen molar-refractivity contribution in [2.75, 3.05) is 13.1 Å². The van der Waals surface area contributed by atoms with Gasteiger partial charge in [0.1, 0.15) is 6.54 Å². The van der Waals surface area contributed by atoms with Crippen LogP contribution in [0, 0.1) is 6.92 Å². The third-order valence-electron chi connectivity index (χ3n) is 2.41. The number of aryl methyl sites for hydroxylation is 1. The molecule has 0 saturated heterocycles. The van der Waals surface area contributed by atoms with Crippen molar-refractivity contribution in [3.8, 4) is 0 Å². The molecule has 1 aromatic carbocycles. The average Bonchev–Trinajstić information content (AvgIpc) is 2.23. The van der Waals surface area contributed by atoms with Crippen molar-refractivity contribution >= 4 is 26.0 Å². The molecule has 0 N–H and O–H groups in total. The first kappa shape index (κ1) is 16.5. The number of sulfonamides is 1. The van der Waals surface area contributed by atoms with Crippen LogP contribution in [-0.2, 0) is 10.0 Å². The summed E-state index contributed by atoms with van der Waals surface area (Å²) in [7, 11) is -4.17. The Bertz CT molecular complexity index is 558. The first-order chi connectivity index (χ1) is 8.58. The number of hydrogen-bond donors (Lipinski definition) is 0. The van der Waals surface area contributed by atoms with Gasteiger partial charge < -0.3 is 0 Å². The quantitative estimate of drug-likeness (QED) is 0.826. The van der Waals surface area contributed by atoms with Gasteiger partial charge in [-0.1, -0.05) is 13.0 Å². The average molecular weight is 360 g/mol. The van der Waals surface area contributed by atoms with Gasteiger partial charge in [-0.3, -0.25) is 0 Å². The summed E-state index contributed by atoms with van der Waals surface area (Å²) in [6, 6.07) is 4.39. The van der Waals surface area contributed by atoms with Gasteiger partial charge in [0.15, 0.2) is 0 Å². The lowest BCUT2D eigenvalue weighted by molar-refractivity contribution is -0.135. The first-order valence-corrected chi connectivity index (χ1v) is 7.64. The highest BCUT2D eigenvalue weighted by Gasteiger charge is 2.36. The minimum atomic E-state index is -4.57. The molecule has 0 saturated carbocycles. The van der Waals surface area contributed by atoms with Crippen molar-refractivity contribution in [1.82, 2.24) is 4.31 Å². The molecule has 0 heterocycles. The Morgan fingerprint density at radius 1 is 1.32 bits per heavy atom. The molecule has 8 heteroatoms. The minimum absolute atomic E-state index is 0.163. The zero-order valence-electron chi connectivity index (χ0n) is 10.3. The van der Waals surface area contributed by atoms with E-state index in [1.165, 1.54) is 13.0 Å². The van der Waals surface area contributed by atoms with E-state index in [1.54, 1.807) is 19.1 Å². The predicted molar refractivity (Wildman–Crippen MR) is 69.4 cm³/mol. The van der Waals surface area contributed by atoms with E-state index in [9.17, 15) is 21.6 Å². The second kappa shape index (κ2) is 5.80. The maximum Gasteiger partial charge on any atom is 0.402 e. The summed E-state index contributed by atoms with van der Waals surface area (Å²) in [5.41, 5.74) is 0.810. The van der Waals surface area contributed by atoms with E-state index in [0.717, 1.165) is 5.56 Å². The van der Waals surface area contributed by atoms with Crippen molar-refractivity contribution in [2.45, 2.75) is 24.9 Å². The lowest BCUT2D eigenvalue weighted by Crippen LogP contribution is -2.38. The molecule has 0 fully saturated rings. The fourth-order valence-electron chi connectivity index (χ4n) is 1.52. The topological polar surface area (TPSA) is 37.4 Å². The van der Waals surface area contributed by atoms with Crippen LogP contribution in [0.15, 0.2) is 27.6 Å². The summed E-state index contributed by atoms with van der Waals surface area (Å²) in [5, 5.41) is 0. The largest absolute Gasteiger partial charge is 0.402 e. The normalized spacial score (nSPS) is 13.0. The molecular formula is C11H13BrF3NO2S. The fraction of sp³-hybridized carbons (Fsp3) is 0.455. The van der Waals surface area contributed by atoms with Crippen LogP contribution in [0.5, 0.6) is 0 Å². The van der Waals surface area contributed by atoms with Gasteiger partial charge in [0.25, 0.3) is 0 Å². The Labute approximate surface area is 118 Å². The lowest BCUT2D eigenvalue weighted by Gasteiger charge is -2.22. The molecular weight excluding hydrogens is 347 g/mol. The van der Waals surface area contributed by atoms with Crippen molar-refractivity contribution in [3.05, 3.63) is 28.2 Å². The summed E-state index contributed by atoms with van der Waals surface area (Å²) in [6.07, 6.45) is -4.57. The number of alkyl halides is 3. The molecule has 0 spiro atoms. The van der Waals surface area contributed by atoms with E-state index >= 15 is 0 Å².